The maximum atomic E-state index is 12.2. The van der Waals surface area contributed by atoms with Crippen LogP contribution in [0.15, 0.2) is 28.7 Å². The highest BCUT2D eigenvalue weighted by Gasteiger charge is 2.20. The predicted molar refractivity (Wildman–Crippen MR) is 79.2 cm³/mol. The Hall–Kier alpha value is -1.36. The average Bonchev–Trinajstić information content (AvgIpc) is 2.84. The number of Topliss-reactive ketones (excluding diaryl/α,β-unsaturated/α-hetero) is 1. The topological polar surface area (TPSA) is 59.5 Å². The van der Waals surface area contributed by atoms with Gasteiger partial charge in [-0.2, -0.15) is 0 Å². The van der Waals surface area contributed by atoms with E-state index in [1.165, 1.54) is 0 Å². The van der Waals surface area contributed by atoms with Gasteiger partial charge in [-0.15, -0.1) is 0 Å². The average molecular weight is 293 g/mol. The Balaban J connectivity index is 1.72. The molecule has 0 spiro atoms. The Morgan fingerprint density at radius 3 is 2.85 bits per heavy atom. The summed E-state index contributed by atoms with van der Waals surface area (Å²) in [5, 5.41) is 1.50. The lowest BCUT2D eigenvalue weighted by molar-refractivity contribution is 0.0884. The number of rotatable bonds is 3. The summed E-state index contributed by atoms with van der Waals surface area (Å²) in [4.78, 5) is 14.4. The number of furan rings is 1. The van der Waals surface area contributed by atoms with Gasteiger partial charge in [-0.1, -0.05) is 11.6 Å². The van der Waals surface area contributed by atoms with Gasteiger partial charge in [0.2, 0.25) is 5.78 Å². The van der Waals surface area contributed by atoms with Crippen LogP contribution in [0.25, 0.3) is 11.0 Å². The molecule has 4 nitrogen and oxygen atoms in total. The normalized spacial score (nSPS) is 17.7. The molecule has 0 amide bonds. The van der Waals surface area contributed by atoms with Crippen LogP contribution in [0.5, 0.6) is 0 Å². The van der Waals surface area contributed by atoms with Crippen molar-refractivity contribution in [3.63, 3.8) is 0 Å². The number of ketones is 1. The van der Waals surface area contributed by atoms with Crippen molar-refractivity contribution < 1.29 is 9.21 Å². The van der Waals surface area contributed by atoms with Gasteiger partial charge in [-0.05, 0) is 37.1 Å². The number of fused-ring (bicyclic) bond motifs is 1. The summed E-state index contributed by atoms with van der Waals surface area (Å²) >= 11 is 5.93. The molecule has 20 heavy (non-hydrogen) atoms. The molecule has 5 heteroatoms. The molecule has 1 aromatic heterocycles. The predicted octanol–water partition coefficient (Wildman–Crippen LogP) is 2.69. The number of nitrogens with two attached hydrogens (primary N) is 1. The second-order valence-corrected chi connectivity index (χ2v) is 5.77. The Morgan fingerprint density at radius 1 is 1.35 bits per heavy atom. The maximum absolute atomic E-state index is 12.2. The second-order valence-electron chi connectivity index (χ2n) is 5.33. The molecule has 2 heterocycles. The number of carbonyl (C=O) groups excluding carboxylic acids is 1. The summed E-state index contributed by atoms with van der Waals surface area (Å²) in [5.41, 5.74) is 6.55. The number of benzene rings is 1. The van der Waals surface area contributed by atoms with E-state index in [9.17, 15) is 4.79 Å². The number of hydrogen-bond donors (Lipinski definition) is 1. The first kappa shape index (κ1) is 13.6. The lowest BCUT2D eigenvalue weighted by atomic mass is 10.1. The largest absolute Gasteiger partial charge is 0.453 e. The number of halogens is 1. The molecular formula is C15H17ClN2O2. The molecule has 2 N–H and O–H groups in total. The first-order valence-corrected chi connectivity index (χ1v) is 7.20. The van der Waals surface area contributed by atoms with Crippen LogP contribution < -0.4 is 5.73 Å². The van der Waals surface area contributed by atoms with Crippen LogP contribution in [0, 0.1) is 0 Å². The van der Waals surface area contributed by atoms with Crippen molar-refractivity contribution in [1.29, 1.82) is 0 Å². The van der Waals surface area contributed by atoms with E-state index < -0.39 is 0 Å². The smallest absolute Gasteiger partial charge is 0.211 e. The summed E-state index contributed by atoms with van der Waals surface area (Å²) in [6, 6.07) is 7.38. The van der Waals surface area contributed by atoms with E-state index in [0.717, 1.165) is 31.3 Å². The standard InChI is InChI=1S/C15H17ClN2O2/c16-11-1-2-14-10(7-11)8-15(20-14)13(19)9-18-5-3-12(17)4-6-18/h1-2,7-8,12H,3-6,9,17H2. The van der Waals surface area contributed by atoms with Gasteiger partial charge in [-0.25, -0.2) is 0 Å². The summed E-state index contributed by atoms with van der Waals surface area (Å²) < 4.78 is 5.59. The van der Waals surface area contributed by atoms with Gasteiger partial charge in [-0.3, -0.25) is 9.69 Å². The van der Waals surface area contributed by atoms with E-state index in [4.69, 9.17) is 21.8 Å². The Morgan fingerprint density at radius 2 is 2.10 bits per heavy atom. The zero-order valence-electron chi connectivity index (χ0n) is 11.1. The third-order valence-electron chi connectivity index (χ3n) is 3.75. The van der Waals surface area contributed by atoms with Crippen molar-refractivity contribution in [2.45, 2.75) is 18.9 Å². The first-order valence-electron chi connectivity index (χ1n) is 6.82. The van der Waals surface area contributed by atoms with E-state index in [-0.39, 0.29) is 11.8 Å². The fraction of sp³-hybridized carbons (Fsp3) is 0.400. The summed E-state index contributed by atoms with van der Waals surface area (Å²) in [6.45, 7) is 2.14. The molecular weight excluding hydrogens is 276 g/mol. The van der Waals surface area contributed by atoms with Crippen LogP contribution in [0.2, 0.25) is 5.02 Å². The van der Waals surface area contributed by atoms with Crippen molar-refractivity contribution in [2.75, 3.05) is 19.6 Å². The molecule has 0 bridgehead atoms. The second kappa shape index (κ2) is 5.56. The fourth-order valence-corrected chi connectivity index (χ4v) is 2.72. The molecule has 0 saturated carbocycles. The Labute approximate surface area is 122 Å². The quantitative estimate of drug-likeness (QED) is 0.884. The minimum atomic E-state index is 0.00722. The van der Waals surface area contributed by atoms with Gasteiger partial charge in [0.05, 0.1) is 6.54 Å². The molecule has 1 aliphatic rings. The highest BCUT2D eigenvalue weighted by atomic mass is 35.5. The van der Waals surface area contributed by atoms with E-state index in [2.05, 4.69) is 4.90 Å². The number of carbonyl (C=O) groups is 1. The van der Waals surface area contributed by atoms with Crippen LogP contribution in [-0.2, 0) is 0 Å². The summed E-state index contributed by atoms with van der Waals surface area (Å²) in [6.07, 6.45) is 1.89. The highest BCUT2D eigenvalue weighted by Crippen LogP contribution is 2.23. The molecule has 0 aliphatic carbocycles. The number of piperidine rings is 1. The monoisotopic (exact) mass is 292 g/mol. The lowest BCUT2D eigenvalue weighted by Crippen LogP contribution is -2.41. The third kappa shape index (κ3) is 2.87. The number of nitrogens with zero attached hydrogens (tertiary/aromatic N) is 1. The van der Waals surface area contributed by atoms with Crippen LogP contribution >= 0.6 is 11.6 Å². The fourth-order valence-electron chi connectivity index (χ4n) is 2.54. The van der Waals surface area contributed by atoms with Crippen molar-refractivity contribution in [3.05, 3.63) is 35.0 Å². The van der Waals surface area contributed by atoms with Gasteiger partial charge >= 0.3 is 0 Å². The molecule has 3 rings (SSSR count). The SMILES string of the molecule is NC1CCN(CC(=O)c2cc3cc(Cl)ccc3o2)CC1. The van der Waals surface area contributed by atoms with Crippen LogP contribution in [0.3, 0.4) is 0 Å². The Kier molecular flexibility index (Phi) is 3.78. The van der Waals surface area contributed by atoms with Crippen LogP contribution in [0.1, 0.15) is 23.4 Å². The summed E-state index contributed by atoms with van der Waals surface area (Å²) in [5.74, 6) is 0.407. The molecule has 1 aliphatic heterocycles. The maximum Gasteiger partial charge on any atom is 0.211 e. The molecule has 2 aromatic rings. The van der Waals surface area contributed by atoms with Crippen molar-refractivity contribution in [1.82, 2.24) is 4.90 Å². The zero-order valence-corrected chi connectivity index (χ0v) is 11.9. The van der Waals surface area contributed by atoms with E-state index in [0.29, 0.717) is 22.9 Å². The van der Waals surface area contributed by atoms with Crippen molar-refractivity contribution in [2.24, 2.45) is 5.73 Å². The van der Waals surface area contributed by atoms with Crippen molar-refractivity contribution in [3.8, 4) is 0 Å². The minimum absolute atomic E-state index is 0.00722. The molecule has 1 fully saturated rings. The Bertz CT molecular complexity index is 630. The van der Waals surface area contributed by atoms with Gasteiger partial charge in [0.15, 0.2) is 5.76 Å². The van der Waals surface area contributed by atoms with E-state index in [1.807, 2.05) is 0 Å². The summed E-state index contributed by atoms with van der Waals surface area (Å²) in [7, 11) is 0. The number of likely N-dealkylation sites (tertiary alicyclic amines) is 1. The molecule has 1 saturated heterocycles. The van der Waals surface area contributed by atoms with Crippen LogP contribution in [0.4, 0.5) is 0 Å². The van der Waals surface area contributed by atoms with Gasteiger partial charge < -0.3 is 10.2 Å². The lowest BCUT2D eigenvalue weighted by Gasteiger charge is -2.29. The van der Waals surface area contributed by atoms with Crippen LogP contribution in [-0.4, -0.2) is 36.4 Å². The zero-order chi connectivity index (χ0) is 14.1. The van der Waals surface area contributed by atoms with Crippen molar-refractivity contribution >= 4 is 28.4 Å². The minimum Gasteiger partial charge on any atom is -0.453 e. The first-order chi connectivity index (χ1) is 9.61. The van der Waals surface area contributed by atoms with E-state index >= 15 is 0 Å². The molecule has 0 atom stereocenters. The molecule has 0 radical (unpaired) electrons. The van der Waals surface area contributed by atoms with Gasteiger partial charge in [0.1, 0.15) is 5.58 Å². The van der Waals surface area contributed by atoms with E-state index in [1.54, 1.807) is 24.3 Å². The highest BCUT2D eigenvalue weighted by molar-refractivity contribution is 6.31. The third-order valence-corrected chi connectivity index (χ3v) is 3.99. The molecule has 0 unspecified atom stereocenters. The molecule has 106 valence electrons. The van der Waals surface area contributed by atoms with Gasteiger partial charge in [0, 0.05) is 29.5 Å². The van der Waals surface area contributed by atoms with Gasteiger partial charge in [0.25, 0.3) is 0 Å². The molecule has 1 aromatic carbocycles. The number of hydrogen-bond acceptors (Lipinski definition) is 4.